The minimum Gasteiger partial charge on any atom is -0.299 e. The molecule has 0 aromatic heterocycles. The van der Waals surface area contributed by atoms with Gasteiger partial charge in [-0.1, -0.05) is 42.5 Å². The molecular formula is C21H19NO5. The number of nitrogens with zero attached hydrogens (tertiary/aromatic N) is 1. The Morgan fingerprint density at radius 3 is 2.33 bits per heavy atom. The van der Waals surface area contributed by atoms with Crippen molar-refractivity contribution in [2.24, 2.45) is 5.92 Å². The summed E-state index contributed by atoms with van der Waals surface area (Å²) < 4.78 is 0. The molecule has 0 spiro atoms. The van der Waals surface area contributed by atoms with Crippen LogP contribution in [0.5, 0.6) is 0 Å². The third-order valence-corrected chi connectivity index (χ3v) is 4.95. The lowest BCUT2D eigenvalue weighted by atomic mass is 9.72. The molecule has 0 radical (unpaired) electrons. The fourth-order valence-electron chi connectivity index (χ4n) is 3.61. The Kier molecular flexibility index (Phi) is 5.54. The van der Waals surface area contributed by atoms with Crippen LogP contribution in [0.15, 0.2) is 54.6 Å². The van der Waals surface area contributed by atoms with Crippen molar-refractivity contribution in [1.82, 2.24) is 0 Å². The Balaban J connectivity index is 1.99. The van der Waals surface area contributed by atoms with Gasteiger partial charge in [0.05, 0.1) is 10.8 Å². The Hall–Kier alpha value is -3.15. The van der Waals surface area contributed by atoms with Crippen LogP contribution in [-0.2, 0) is 9.59 Å². The number of hydrogen-bond acceptors (Lipinski definition) is 5. The first-order valence-corrected chi connectivity index (χ1v) is 8.85. The maximum atomic E-state index is 12.7. The molecule has 1 atom stereocenters. The quantitative estimate of drug-likeness (QED) is 0.335. The molecule has 0 bridgehead atoms. The molecule has 1 saturated carbocycles. The van der Waals surface area contributed by atoms with Crippen molar-refractivity contribution in [3.63, 3.8) is 0 Å². The second kappa shape index (κ2) is 8.03. The Morgan fingerprint density at radius 1 is 1.04 bits per heavy atom. The zero-order valence-corrected chi connectivity index (χ0v) is 14.7. The first-order valence-electron chi connectivity index (χ1n) is 8.85. The van der Waals surface area contributed by atoms with E-state index in [9.17, 15) is 24.5 Å². The van der Waals surface area contributed by atoms with Crippen molar-refractivity contribution in [3.05, 3.63) is 75.8 Å². The summed E-state index contributed by atoms with van der Waals surface area (Å²) in [6, 6.07) is 14.5. The molecule has 0 amide bonds. The summed E-state index contributed by atoms with van der Waals surface area (Å²) >= 11 is 0. The summed E-state index contributed by atoms with van der Waals surface area (Å²) in [4.78, 5) is 48.3. The number of non-ortho nitro benzene ring substituents is 1. The highest BCUT2D eigenvalue weighted by molar-refractivity contribution is 6.06. The van der Waals surface area contributed by atoms with E-state index >= 15 is 0 Å². The average molecular weight is 365 g/mol. The average Bonchev–Trinajstić information content (AvgIpc) is 2.67. The fraction of sp³-hybridized carbons (Fsp3) is 0.286. The summed E-state index contributed by atoms with van der Waals surface area (Å²) in [7, 11) is 0. The van der Waals surface area contributed by atoms with Gasteiger partial charge in [0.15, 0.2) is 5.78 Å². The minimum atomic E-state index is -0.923. The van der Waals surface area contributed by atoms with Gasteiger partial charge < -0.3 is 0 Å². The van der Waals surface area contributed by atoms with Gasteiger partial charge in [-0.05, 0) is 12.0 Å². The standard InChI is InChI=1S/C21H19NO5/c23-18-10-5-11-19(24)21(18)17(13-20(25)14-6-2-1-3-7-14)15-8-4-9-16(12-15)22(26)27/h1-4,6-9,12,17,21H,5,10-11,13H2. The van der Waals surface area contributed by atoms with Gasteiger partial charge in [0.2, 0.25) is 0 Å². The number of nitro groups is 1. The Labute approximate surface area is 156 Å². The highest BCUT2D eigenvalue weighted by Gasteiger charge is 2.38. The van der Waals surface area contributed by atoms with E-state index in [1.54, 1.807) is 36.4 Å². The molecular weight excluding hydrogens is 346 g/mol. The van der Waals surface area contributed by atoms with Crippen LogP contribution in [0.4, 0.5) is 5.69 Å². The van der Waals surface area contributed by atoms with Crippen molar-refractivity contribution in [2.75, 3.05) is 0 Å². The molecule has 0 saturated heterocycles. The van der Waals surface area contributed by atoms with Crippen LogP contribution >= 0.6 is 0 Å². The maximum absolute atomic E-state index is 12.7. The van der Waals surface area contributed by atoms with Crippen LogP contribution in [0.3, 0.4) is 0 Å². The normalized spacial score (nSPS) is 16.1. The molecule has 1 fully saturated rings. The molecule has 0 aliphatic heterocycles. The van der Waals surface area contributed by atoms with Crippen molar-refractivity contribution in [3.8, 4) is 0 Å². The monoisotopic (exact) mass is 365 g/mol. The number of Topliss-reactive ketones (excluding diaryl/α,β-unsaturated/α-hetero) is 3. The van der Waals surface area contributed by atoms with E-state index in [0.717, 1.165) is 0 Å². The molecule has 1 aliphatic carbocycles. The molecule has 2 aromatic rings. The highest BCUT2D eigenvalue weighted by atomic mass is 16.6. The molecule has 6 heteroatoms. The first-order chi connectivity index (χ1) is 13.0. The molecule has 0 N–H and O–H groups in total. The van der Waals surface area contributed by atoms with Crippen LogP contribution in [0.25, 0.3) is 0 Å². The lowest BCUT2D eigenvalue weighted by molar-refractivity contribution is -0.384. The molecule has 138 valence electrons. The molecule has 1 unspecified atom stereocenters. The topological polar surface area (TPSA) is 94.3 Å². The molecule has 27 heavy (non-hydrogen) atoms. The van der Waals surface area contributed by atoms with E-state index in [1.165, 1.54) is 18.2 Å². The van der Waals surface area contributed by atoms with Gasteiger partial charge in [0.25, 0.3) is 5.69 Å². The van der Waals surface area contributed by atoms with Crippen LogP contribution in [0.1, 0.15) is 47.5 Å². The van der Waals surface area contributed by atoms with Crippen LogP contribution < -0.4 is 0 Å². The van der Waals surface area contributed by atoms with Crippen LogP contribution in [-0.4, -0.2) is 22.3 Å². The first kappa shape index (κ1) is 18.6. The fourth-order valence-corrected chi connectivity index (χ4v) is 3.61. The van der Waals surface area contributed by atoms with Gasteiger partial charge in [-0.3, -0.25) is 24.5 Å². The van der Waals surface area contributed by atoms with Crippen LogP contribution in [0.2, 0.25) is 0 Å². The predicted octanol–water partition coefficient (Wildman–Crippen LogP) is 3.89. The number of nitro benzene ring substituents is 1. The molecule has 0 heterocycles. The third kappa shape index (κ3) is 4.16. The van der Waals surface area contributed by atoms with E-state index in [0.29, 0.717) is 30.4 Å². The summed E-state index contributed by atoms with van der Waals surface area (Å²) in [6.45, 7) is 0. The SMILES string of the molecule is O=C(CC(c1cccc([N+](=O)[O-])c1)C1C(=O)CCCC1=O)c1ccccc1. The summed E-state index contributed by atoms with van der Waals surface area (Å²) in [5.41, 5.74) is 0.839. The smallest absolute Gasteiger partial charge is 0.269 e. The third-order valence-electron chi connectivity index (χ3n) is 4.95. The van der Waals surface area contributed by atoms with Crippen molar-refractivity contribution in [2.45, 2.75) is 31.6 Å². The second-order valence-corrected chi connectivity index (χ2v) is 6.72. The van der Waals surface area contributed by atoms with Gasteiger partial charge in [-0.25, -0.2) is 0 Å². The molecule has 2 aromatic carbocycles. The van der Waals surface area contributed by atoms with Crippen molar-refractivity contribution in [1.29, 1.82) is 0 Å². The van der Waals surface area contributed by atoms with Gasteiger partial charge >= 0.3 is 0 Å². The van der Waals surface area contributed by atoms with E-state index in [2.05, 4.69) is 0 Å². The number of carbonyl (C=O) groups excluding carboxylic acids is 3. The lowest BCUT2D eigenvalue weighted by Crippen LogP contribution is -2.34. The number of ketones is 3. The van der Waals surface area contributed by atoms with Gasteiger partial charge in [0.1, 0.15) is 11.6 Å². The maximum Gasteiger partial charge on any atom is 0.269 e. The summed E-state index contributed by atoms with van der Waals surface area (Å²) in [6.07, 6.45) is 1.05. The summed E-state index contributed by atoms with van der Waals surface area (Å²) in [5.74, 6) is -2.20. The van der Waals surface area contributed by atoms with E-state index in [4.69, 9.17) is 0 Å². The van der Waals surface area contributed by atoms with Crippen LogP contribution in [0, 0.1) is 16.0 Å². The molecule has 6 nitrogen and oxygen atoms in total. The van der Waals surface area contributed by atoms with Crippen molar-refractivity contribution < 1.29 is 19.3 Å². The zero-order chi connectivity index (χ0) is 19.4. The van der Waals surface area contributed by atoms with E-state index in [-0.39, 0.29) is 29.5 Å². The van der Waals surface area contributed by atoms with Gasteiger partial charge in [-0.2, -0.15) is 0 Å². The minimum absolute atomic E-state index is 0.0483. The Morgan fingerprint density at radius 2 is 1.70 bits per heavy atom. The van der Waals surface area contributed by atoms with E-state index in [1.807, 2.05) is 0 Å². The number of carbonyl (C=O) groups is 3. The van der Waals surface area contributed by atoms with Gasteiger partial charge in [-0.15, -0.1) is 0 Å². The number of hydrogen-bond donors (Lipinski definition) is 0. The zero-order valence-electron chi connectivity index (χ0n) is 14.7. The number of benzene rings is 2. The lowest BCUT2D eigenvalue weighted by Gasteiger charge is -2.28. The largest absolute Gasteiger partial charge is 0.299 e. The highest BCUT2D eigenvalue weighted by Crippen LogP contribution is 2.36. The Bertz CT molecular complexity index is 874. The van der Waals surface area contributed by atoms with Crippen molar-refractivity contribution >= 4 is 23.0 Å². The summed E-state index contributed by atoms with van der Waals surface area (Å²) in [5, 5.41) is 11.1. The predicted molar refractivity (Wildman–Crippen MR) is 98.6 cm³/mol. The molecule has 1 aliphatic rings. The number of rotatable bonds is 6. The second-order valence-electron chi connectivity index (χ2n) is 6.72. The van der Waals surface area contributed by atoms with Gasteiger partial charge in [0, 0.05) is 42.9 Å². The van der Waals surface area contributed by atoms with E-state index < -0.39 is 16.8 Å². The molecule has 3 rings (SSSR count).